The molecule has 0 radical (unpaired) electrons. The highest BCUT2D eigenvalue weighted by Crippen LogP contribution is 2.15. The number of amides is 3. The minimum atomic E-state index is -0.701. The maximum Gasteiger partial charge on any atom is 0.411 e. The number of unbranched alkanes of at least 4 members (excludes halogenated alkanes) is 1. The van der Waals surface area contributed by atoms with Gasteiger partial charge >= 0.3 is 12.2 Å². The maximum atomic E-state index is 12.6. The van der Waals surface area contributed by atoms with Crippen LogP contribution in [-0.2, 0) is 14.3 Å². The van der Waals surface area contributed by atoms with E-state index in [1.54, 1.807) is 45.0 Å². The molecule has 0 spiro atoms. The SMILES string of the molecule is CCCC[C@H](NC(=O)OC(C)(C)C)C(=O)Nc1ccc(NC(=O)OC)cc1. The lowest BCUT2D eigenvalue weighted by Crippen LogP contribution is -2.45. The van der Waals surface area contributed by atoms with Crippen LogP contribution >= 0.6 is 0 Å². The van der Waals surface area contributed by atoms with Gasteiger partial charge < -0.3 is 20.1 Å². The lowest BCUT2D eigenvalue weighted by Gasteiger charge is -2.23. The highest BCUT2D eigenvalue weighted by molar-refractivity contribution is 5.96. The van der Waals surface area contributed by atoms with E-state index in [2.05, 4.69) is 20.7 Å². The van der Waals surface area contributed by atoms with Crippen LogP contribution in [0.15, 0.2) is 24.3 Å². The Morgan fingerprint density at radius 2 is 1.56 bits per heavy atom. The van der Waals surface area contributed by atoms with E-state index < -0.39 is 23.8 Å². The molecule has 1 aromatic rings. The minimum absolute atomic E-state index is 0.331. The monoisotopic (exact) mass is 379 g/mol. The van der Waals surface area contributed by atoms with Gasteiger partial charge in [0.25, 0.3) is 0 Å². The lowest BCUT2D eigenvalue weighted by atomic mass is 10.1. The summed E-state index contributed by atoms with van der Waals surface area (Å²) in [6, 6.07) is 5.86. The van der Waals surface area contributed by atoms with Crippen LogP contribution < -0.4 is 16.0 Å². The van der Waals surface area contributed by atoms with Gasteiger partial charge in [-0.2, -0.15) is 0 Å². The van der Waals surface area contributed by atoms with Gasteiger partial charge in [0.15, 0.2) is 0 Å². The zero-order chi connectivity index (χ0) is 20.4. The summed E-state index contributed by atoms with van der Waals surface area (Å²) < 4.78 is 9.75. The van der Waals surface area contributed by atoms with Crippen LogP contribution in [0, 0.1) is 0 Å². The third-order valence-corrected chi connectivity index (χ3v) is 3.44. The fourth-order valence-corrected chi connectivity index (χ4v) is 2.16. The molecule has 0 saturated heterocycles. The van der Waals surface area contributed by atoms with Gasteiger partial charge in [-0.1, -0.05) is 19.8 Å². The molecule has 0 aliphatic heterocycles. The predicted octanol–water partition coefficient (Wildman–Crippen LogP) is 3.89. The van der Waals surface area contributed by atoms with E-state index in [4.69, 9.17) is 4.74 Å². The van der Waals surface area contributed by atoms with E-state index in [9.17, 15) is 14.4 Å². The van der Waals surface area contributed by atoms with Crippen LogP contribution in [0.2, 0.25) is 0 Å². The maximum absolute atomic E-state index is 12.6. The van der Waals surface area contributed by atoms with Crippen LogP contribution in [0.5, 0.6) is 0 Å². The zero-order valence-corrected chi connectivity index (χ0v) is 16.5. The van der Waals surface area contributed by atoms with Crippen LogP contribution in [-0.4, -0.2) is 36.8 Å². The summed E-state index contributed by atoms with van der Waals surface area (Å²) in [5.74, 6) is -0.331. The van der Waals surface area contributed by atoms with Crippen molar-refractivity contribution >= 4 is 29.5 Å². The molecule has 3 N–H and O–H groups in total. The van der Waals surface area contributed by atoms with Gasteiger partial charge in [-0.3, -0.25) is 10.1 Å². The smallest absolute Gasteiger partial charge is 0.411 e. The highest BCUT2D eigenvalue weighted by Gasteiger charge is 2.24. The molecule has 150 valence electrons. The van der Waals surface area contributed by atoms with Crippen molar-refractivity contribution < 1.29 is 23.9 Å². The molecule has 1 atom stereocenters. The van der Waals surface area contributed by atoms with Crippen molar-refractivity contribution in [2.45, 2.75) is 58.6 Å². The lowest BCUT2D eigenvalue weighted by molar-refractivity contribution is -0.118. The topological polar surface area (TPSA) is 106 Å². The van der Waals surface area contributed by atoms with Crippen LogP contribution in [0.1, 0.15) is 47.0 Å². The van der Waals surface area contributed by atoms with Crippen molar-refractivity contribution in [1.29, 1.82) is 0 Å². The number of anilines is 2. The van der Waals surface area contributed by atoms with Gasteiger partial charge in [0.2, 0.25) is 5.91 Å². The molecular weight excluding hydrogens is 350 g/mol. The molecule has 0 aromatic heterocycles. The first-order valence-corrected chi connectivity index (χ1v) is 8.90. The molecule has 0 saturated carbocycles. The predicted molar refractivity (Wildman–Crippen MR) is 104 cm³/mol. The number of methoxy groups -OCH3 is 1. The first kappa shape index (κ1) is 22.3. The Balaban J connectivity index is 2.72. The summed E-state index contributed by atoms with van der Waals surface area (Å²) in [4.78, 5) is 35.7. The molecular formula is C19H29N3O5. The third-order valence-electron chi connectivity index (χ3n) is 3.44. The van der Waals surface area contributed by atoms with E-state index in [1.165, 1.54) is 7.11 Å². The molecule has 1 aromatic carbocycles. The molecule has 8 nitrogen and oxygen atoms in total. The highest BCUT2D eigenvalue weighted by atomic mass is 16.6. The number of hydrogen-bond donors (Lipinski definition) is 3. The van der Waals surface area contributed by atoms with Crippen molar-refractivity contribution in [2.24, 2.45) is 0 Å². The number of nitrogens with one attached hydrogen (secondary N) is 3. The summed E-state index contributed by atoms with van der Waals surface area (Å²) >= 11 is 0. The molecule has 3 amide bonds. The number of ether oxygens (including phenoxy) is 2. The number of carbonyl (C=O) groups excluding carboxylic acids is 3. The molecule has 0 bridgehead atoms. The minimum Gasteiger partial charge on any atom is -0.453 e. The molecule has 1 rings (SSSR count). The van der Waals surface area contributed by atoms with Crippen molar-refractivity contribution in [3.63, 3.8) is 0 Å². The van der Waals surface area contributed by atoms with E-state index in [0.29, 0.717) is 17.8 Å². The summed E-state index contributed by atoms with van der Waals surface area (Å²) in [6.45, 7) is 7.29. The number of carbonyl (C=O) groups is 3. The summed E-state index contributed by atoms with van der Waals surface area (Å²) in [5, 5.41) is 7.91. The quantitative estimate of drug-likeness (QED) is 0.666. The number of alkyl carbamates (subject to hydrolysis) is 1. The molecule has 8 heteroatoms. The standard InChI is InChI=1S/C19H29N3O5/c1-6-7-8-15(22-18(25)27-19(2,3)4)16(23)20-13-9-11-14(12-10-13)21-17(24)26-5/h9-12,15H,6-8H2,1-5H3,(H,20,23)(H,21,24)(H,22,25)/t15-/m0/s1. The first-order valence-electron chi connectivity index (χ1n) is 8.90. The van der Waals surface area contributed by atoms with Gasteiger partial charge in [0.05, 0.1) is 7.11 Å². The van der Waals surface area contributed by atoms with Crippen LogP contribution in [0.25, 0.3) is 0 Å². The zero-order valence-electron chi connectivity index (χ0n) is 16.5. The van der Waals surface area contributed by atoms with Crippen molar-refractivity contribution in [3.8, 4) is 0 Å². The normalized spacial score (nSPS) is 11.9. The van der Waals surface area contributed by atoms with Crippen molar-refractivity contribution in [2.75, 3.05) is 17.7 Å². The van der Waals surface area contributed by atoms with E-state index in [0.717, 1.165) is 12.8 Å². The number of benzene rings is 1. The van der Waals surface area contributed by atoms with E-state index >= 15 is 0 Å². The number of rotatable bonds is 7. The van der Waals surface area contributed by atoms with E-state index in [-0.39, 0.29) is 5.91 Å². The Bertz CT molecular complexity index is 638. The second-order valence-corrected chi connectivity index (χ2v) is 7.02. The molecule has 0 aliphatic rings. The fourth-order valence-electron chi connectivity index (χ4n) is 2.16. The Morgan fingerprint density at radius 3 is 2.04 bits per heavy atom. The van der Waals surface area contributed by atoms with Gasteiger partial charge in [-0.25, -0.2) is 9.59 Å². The van der Waals surface area contributed by atoms with Gasteiger partial charge in [0.1, 0.15) is 11.6 Å². The van der Waals surface area contributed by atoms with Gasteiger partial charge in [-0.15, -0.1) is 0 Å². The van der Waals surface area contributed by atoms with Crippen LogP contribution in [0.3, 0.4) is 0 Å². The summed E-state index contributed by atoms with van der Waals surface area (Å²) in [5.41, 5.74) is 0.440. The Labute approximate surface area is 160 Å². The average Bonchev–Trinajstić information content (AvgIpc) is 2.58. The molecule has 0 unspecified atom stereocenters. The molecule has 0 fully saturated rings. The van der Waals surface area contributed by atoms with Crippen LogP contribution in [0.4, 0.5) is 21.0 Å². The molecule has 0 aliphatic carbocycles. The second-order valence-electron chi connectivity index (χ2n) is 7.02. The van der Waals surface area contributed by atoms with E-state index in [1.807, 2.05) is 6.92 Å². The summed E-state index contributed by atoms with van der Waals surface area (Å²) in [6.07, 6.45) is 0.983. The Morgan fingerprint density at radius 1 is 1.00 bits per heavy atom. The number of hydrogen-bond acceptors (Lipinski definition) is 5. The Kier molecular flexibility index (Phi) is 8.58. The van der Waals surface area contributed by atoms with Crippen molar-refractivity contribution in [3.05, 3.63) is 24.3 Å². The van der Waals surface area contributed by atoms with Crippen molar-refractivity contribution in [1.82, 2.24) is 5.32 Å². The van der Waals surface area contributed by atoms with Gasteiger partial charge in [-0.05, 0) is 51.5 Å². The molecule has 0 heterocycles. The summed E-state index contributed by atoms with van der Waals surface area (Å²) in [7, 11) is 1.28. The third kappa shape index (κ3) is 8.94. The van der Waals surface area contributed by atoms with Gasteiger partial charge in [0, 0.05) is 11.4 Å². The second kappa shape index (κ2) is 10.4. The first-order chi connectivity index (χ1) is 12.6. The Hall–Kier alpha value is -2.77. The fraction of sp³-hybridized carbons (Fsp3) is 0.526. The average molecular weight is 379 g/mol. The molecule has 27 heavy (non-hydrogen) atoms. The largest absolute Gasteiger partial charge is 0.453 e.